The molecule has 17 heavy (non-hydrogen) atoms. The Morgan fingerprint density at radius 3 is 1.65 bits per heavy atom. The average Bonchev–Trinajstić information content (AvgIpc) is 2.35. The van der Waals surface area contributed by atoms with Gasteiger partial charge in [-0.1, -0.05) is 63.7 Å². The van der Waals surface area contributed by atoms with Gasteiger partial charge in [-0.3, -0.25) is 0 Å². The van der Waals surface area contributed by atoms with Gasteiger partial charge in [0, 0.05) is 0 Å². The summed E-state index contributed by atoms with van der Waals surface area (Å²) in [6.07, 6.45) is 21.8. The highest BCUT2D eigenvalue weighted by Gasteiger charge is 1.89. The Labute approximate surface area is 108 Å². The summed E-state index contributed by atoms with van der Waals surface area (Å²) < 4.78 is 0. The van der Waals surface area contributed by atoms with Gasteiger partial charge >= 0.3 is 0 Å². The summed E-state index contributed by atoms with van der Waals surface area (Å²) in [5, 5.41) is 8.46. The maximum absolute atomic E-state index is 8.46. The van der Waals surface area contributed by atoms with E-state index in [1.165, 1.54) is 64.2 Å². The lowest BCUT2D eigenvalue weighted by Gasteiger charge is -1.99. The van der Waals surface area contributed by atoms with Gasteiger partial charge in [0.15, 0.2) is 0 Å². The third-order valence-corrected chi connectivity index (χ3v) is 2.99. The number of hydrogen-bond acceptors (Lipinski definition) is 1. The lowest BCUT2D eigenvalue weighted by Crippen LogP contribution is -1.79. The van der Waals surface area contributed by atoms with Crippen molar-refractivity contribution in [2.75, 3.05) is 0 Å². The van der Waals surface area contributed by atoms with E-state index in [1.54, 1.807) is 0 Å². The molecule has 0 aliphatic rings. The molecule has 1 N–H and O–H groups in total. The third-order valence-electron chi connectivity index (χ3n) is 2.99. The van der Waals surface area contributed by atoms with Gasteiger partial charge in [0.2, 0.25) is 0 Å². The minimum absolute atomic E-state index is 1.02. The topological polar surface area (TPSA) is 20.2 Å². The molecule has 0 heterocycles. The van der Waals surface area contributed by atoms with Gasteiger partial charge in [0.05, 0.1) is 6.26 Å². The van der Waals surface area contributed by atoms with E-state index in [0.29, 0.717) is 0 Å². The SMILES string of the molecule is CCCC/C=C/CCCCCCCC/C=C/O. The first-order valence-electron chi connectivity index (χ1n) is 7.36. The van der Waals surface area contributed by atoms with Gasteiger partial charge in [-0.2, -0.15) is 0 Å². The second kappa shape index (κ2) is 15.3. The number of allylic oxidation sites excluding steroid dienone is 3. The van der Waals surface area contributed by atoms with E-state index < -0.39 is 0 Å². The Balaban J connectivity index is 3.00. The van der Waals surface area contributed by atoms with Gasteiger partial charge < -0.3 is 5.11 Å². The highest BCUT2D eigenvalue weighted by Crippen LogP contribution is 2.09. The predicted molar refractivity (Wildman–Crippen MR) is 77.4 cm³/mol. The summed E-state index contributed by atoms with van der Waals surface area (Å²) >= 11 is 0. The summed E-state index contributed by atoms with van der Waals surface area (Å²) in [5.74, 6) is 0. The molecule has 0 aliphatic carbocycles. The maximum atomic E-state index is 8.46. The van der Waals surface area contributed by atoms with Crippen LogP contribution in [0.15, 0.2) is 24.5 Å². The highest BCUT2D eigenvalue weighted by molar-refractivity contribution is 4.81. The molecule has 0 radical (unpaired) electrons. The van der Waals surface area contributed by atoms with Crippen molar-refractivity contribution >= 4 is 0 Å². The van der Waals surface area contributed by atoms with Crippen LogP contribution in [0.4, 0.5) is 0 Å². The molecule has 0 bridgehead atoms. The zero-order valence-electron chi connectivity index (χ0n) is 11.5. The second-order valence-electron chi connectivity index (χ2n) is 4.70. The largest absolute Gasteiger partial charge is 0.516 e. The van der Waals surface area contributed by atoms with Crippen molar-refractivity contribution in [2.45, 2.75) is 77.6 Å². The summed E-state index contributed by atoms with van der Waals surface area (Å²) in [6.45, 7) is 2.24. The van der Waals surface area contributed by atoms with Crippen molar-refractivity contribution in [1.29, 1.82) is 0 Å². The molecule has 1 nitrogen and oxygen atoms in total. The monoisotopic (exact) mass is 238 g/mol. The van der Waals surface area contributed by atoms with Gasteiger partial charge in [0.25, 0.3) is 0 Å². The molecule has 0 unspecified atom stereocenters. The van der Waals surface area contributed by atoms with Crippen molar-refractivity contribution in [3.05, 3.63) is 24.5 Å². The van der Waals surface area contributed by atoms with Crippen LogP contribution in [-0.4, -0.2) is 5.11 Å². The van der Waals surface area contributed by atoms with E-state index in [0.717, 1.165) is 12.7 Å². The molecule has 1 heteroatoms. The fraction of sp³-hybridized carbons (Fsp3) is 0.750. The van der Waals surface area contributed by atoms with E-state index in [1.807, 2.05) is 6.08 Å². The summed E-state index contributed by atoms with van der Waals surface area (Å²) in [6, 6.07) is 0. The molecule has 0 aromatic rings. The Hall–Kier alpha value is -0.720. The summed E-state index contributed by atoms with van der Waals surface area (Å²) in [4.78, 5) is 0. The van der Waals surface area contributed by atoms with Crippen LogP contribution >= 0.6 is 0 Å². The molecule has 0 saturated carbocycles. The minimum atomic E-state index is 1.02. The van der Waals surface area contributed by atoms with E-state index in [4.69, 9.17) is 5.11 Å². The smallest absolute Gasteiger partial charge is 0.0751 e. The fourth-order valence-corrected chi connectivity index (χ4v) is 1.86. The number of rotatable bonds is 12. The van der Waals surface area contributed by atoms with Crippen molar-refractivity contribution in [3.8, 4) is 0 Å². The molecule has 0 aliphatic heterocycles. The fourth-order valence-electron chi connectivity index (χ4n) is 1.86. The molecule has 100 valence electrons. The molecule has 0 amide bonds. The molecule has 0 aromatic heterocycles. The number of aliphatic hydroxyl groups excluding tert-OH is 1. The number of hydrogen-bond donors (Lipinski definition) is 1. The van der Waals surface area contributed by atoms with Gasteiger partial charge in [0.1, 0.15) is 0 Å². The molecular weight excluding hydrogens is 208 g/mol. The van der Waals surface area contributed by atoms with E-state index in [2.05, 4.69) is 19.1 Å². The van der Waals surface area contributed by atoms with Gasteiger partial charge in [-0.05, 0) is 32.1 Å². The molecule has 0 fully saturated rings. The number of unbranched alkanes of at least 4 members (excludes halogenated alkanes) is 9. The highest BCUT2D eigenvalue weighted by atomic mass is 16.2. The average molecular weight is 238 g/mol. The third kappa shape index (κ3) is 15.3. The number of aliphatic hydroxyl groups is 1. The van der Waals surface area contributed by atoms with Crippen LogP contribution in [0.25, 0.3) is 0 Å². The zero-order valence-corrected chi connectivity index (χ0v) is 11.5. The molecule has 0 saturated heterocycles. The van der Waals surface area contributed by atoms with Crippen LogP contribution in [0.3, 0.4) is 0 Å². The molecule has 0 rings (SSSR count). The first-order valence-corrected chi connectivity index (χ1v) is 7.36. The van der Waals surface area contributed by atoms with Crippen molar-refractivity contribution in [2.24, 2.45) is 0 Å². The summed E-state index contributed by atoms with van der Waals surface area (Å²) in [7, 11) is 0. The maximum Gasteiger partial charge on any atom is 0.0751 e. The summed E-state index contributed by atoms with van der Waals surface area (Å²) in [5.41, 5.74) is 0. The van der Waals surface area contributed by atoms with Crippen molar-refractivity contribution in [1.82, 2.24) is 0 Å². The van der Waals surface area contributed by atoms with Crippen LogP contribution in [-0.2, 0) is 0 Å². The normalized spacial score (nSPS) is 11.8. The molecule has 0 spiro atoms. The van der Waals surface area contributed by atoms with Crippen LogP contribution in [0.5, 0.6) is 0 Å². The second-order valence-corrected chi connectivity index (χ2v) is 4.70. The predicted octanol–water partition coefficient (Wildman–Crippen LogP) is 5.93. The molecular formula is C16H30O. The standard InChI is InChI=1S/C16H30O/c1-2-3-4-5-6-7-8-9-10-11-12-13-14-15-16-17/h5-6,15-17H,2-4,7-14H2,1H3/b6-5+,16-15+. The lowest BCUT2D eigenvalue weighted by molar-refractivity contribution is 0.469. The first-order chi connectivity index (χ1) is 8.41. The van der Waals surface area contributed by atoms with E-state index in [-0.39, 0.29) is 0 Å². The Morgan fingerprint density at radius 2 is 1.12 bits per heavy atom. The van der Waals surface area contributed by atoms with Gasteiger partial charge in [-0.15, -0.1) is 0 Å². The van der Waals surface area contributed by atoms with Crippen LogP contribution < -0.4 is 0 Å². The molecule has 0 atom stereocenters. The van der Waals surface area contributed by atoms with Crippen LogP contribution in [0.1, 0.15) is 77.6 Å². The molecule has 0 aromatic carbocycles. The Bertz CT molecular complexity index is 182. The van der Waals surface area contributed by atoms with Gasteiger partial charge in [-0.25, -0.2) is 0 Å². The minimum Gasteiger partial charge on any atom is -0.516 e. The van der Waals surface area contributed by atoms with E-state index >= 15 is 0 Å². The Kier molecular flexibility index (Phi) is 14.6. The quantitative estimate of drug-likeness (QED) is 0.254. The van der Waals surface area contributed by atoms with Crippen LogP contribution in [0, 0.1) is 0 Å². The lowest BCUT2D eigenvalue weighted by atomic mass is 10.1. The Morgan fingerprint density at radius 1 is 0.647 bits per heavy atom. The van der Waals surface area contributed by atoms with E-state index in [9.17, 15) is 0 Å². The first kappa shape index (κ1) is 16.3. The van der Waals surface area contributed by atoms with Crippen molar-refractivity contribution < 1.29 is 5.11 Å². The van der Waals surface area contributed by atoms with Crippen molar-refractivity contribution in [3.63, 3.8) is 0 Å². The van der Waals surface area contributed by atoms with Crippen LogP contribution in [0.2, 0.25) is 0 Å². The zero-order chi connectivity index (χ0) is 12.6.